The molecule has 49 heavy (non-hydrogen) atoms. The molecule has 3 fully saturated rings. The molecule has 4 aromatic rings. The first-order valence-electron chi connectivity index (χ1n) is 17.0. The van der Waals surface area contributed by atoms with E-state index in [0.29, 0.717) is 86.1 Å². The smallest absolute Gasteiger partial charge is 0.418 e. The van der Waals surface area contributed by atoms with Crippen molar-refractivity contribution in [2.45, 2.75) is 69.9 Å². The molecule has 7 rings (SSSR count). The fourth-order valence-electron chi connectivity index (χ4n) is 7.57. The fraction of sp³-hybridized carbons (Fsp3) is 0.543. The maximum atomic E-state index is 14.2. The van der Waals surface area contributed by atoms with Crippen LogP contribution in [0.1, 0.15) is 75.0 Å². The Morgan fingerprint density at radius 3 is 2.41 bits per heavy atom. The lowest BCUT2D eigenvalue weighted by molar-refractivity contribution is -0.142. The second kappa shape index (κ2) is 13.2. The first-order chi connectivity index (χ1) is 23.5. The zero-order valence-corrected chi connectivity index (χ0v) is 27.8. The number of alkyl halides is 3. The van der Waals surface area contributed by atoms with Crippen molar-refractivity contribution in [2.24, 2.45) is 11.3 Å². The molecule has 0 spiro atoms. The Balaban J connectivity index is 1.26. The molecule has 260 valence electrons. The minimum absolute atomic E-state index is 0.0580. The zero-order valence-electron chi connectivity index (χ0n) is 27.8. The summed E-state index contributed by atoms with van der Waals surface area (Å²) in [6, 6.07) is 2.99. The molecule has 0 aromatic carbocycles. The van der Waals surface area contributed by atoms with Gasteiger partial charge in [-0.3, -0.25) is 9.78 Å². The molecule has 2 aliphatic carbocycles. The number of aromatic nitrogens is 6. The number of fused-ring (bicyclic) bond motifs is 1. The highest BCUT2D eigenvalue weighted by Crippen LogP contribution is 2.46. The van der Waals surface area contributed by atoms with Crippen molar-refractivity contribution in [2.75, 3.05) is 50.2 Å². The van der Waals surface area contributed by atoms with Gasteiger partial charge in [0.1, 0.15) is 17.0 Å². The molecule has 4 aromatic heterocycles. The maximum absolute atomic E-state index is 14.2. The third-order valence-corrected chi connectivity index (χ3v) is 10.3. The number of ether oxygens (including phenoxy) is 1. The molecule has 1 aliphatic heterocycles. The van der Waals surface area contributed by atoms with Crippen LogP contribution in [-0.4, -0.2) is 81.4 Å². The molecule has 3 aliphatic rings. The third-order valence-electron chi connectivity index (χ3n) is 10.3. The van der Waals surface area contributed by atoms with Gasteiger partial charge in [0.05, 0.1) is 47.6 Å². The molecule has 5 heterocycles. The number of carboxylic acids is 1. The normalized spacial score (nSPS) is 18.6. The lowest BCUT2D eigenvalue weighted by Gasteiger charge is -2.40. The molecular formula is C35H41F3N8O3. The summed E-state index contributed by atoms with van der Waals surface area (Å²) in [6.45, 7) is 2.46. The van der Waals surface area contributed by atoms with Crippen LogP contribution >= 0.6 is 0 Å². The Morgan fingerprint density at radius 2 is 1.78 bits per heavy atom. The van der Waals surface area contributed by atoms with E-state index in [1.165, 1.54) is 18.7 Å². The van der Waals surface area contributed by atoms with Crippen LogP contribution in [0.25, 0.3) is 33.9 Å². The number of H-pyrrole nitrogens is 1. The van der Waals surface area contributed by atoms with E-state index >= 15 is 0 Å². The van der Waals surface area contributed by atoms with Crippen LogP contribution in [0, 0.1) is 11.3 Å². The number of anilines is 2. The molecule has 0 radical (unpaired) electrons. The number of halogens is 3. The molecule has 0 unspecified atom stereocenters. The van der Waals surface area contributed by atoms with E-state index in [4.69, 9.17) is 14.7 Å². The number of imidazole rings is 1. The highest BCUT2D eigenvalue weighted by Gasteiger charge is 2.40. The van der Waals surface area contributed by atoms with Gasteiger partial charge in [0.2, 0.25) is 0 Å². The summed E-state index contributed by atoms with van der Waals surface area (Å²) >= 11 is 0. The molecule has 1 saturated heterocycles. The van der Waals surface area contributed by atoms with Gasteiger partial charge in [-0.15, -0.1) is 0 Å². The summed E-state index contributed by atoms with van der Waals surface area (Å²) in [4.78, 5) is 42.0. The average Bonchev–Trinajstić information content (AvgIpc) is 3.85. The number of aromatic amines is 1. The third kappa shape index (κ3) is 6.92. The fourth-order valence-corrected chi connectivity index (χ4v) is 7.57. The van der Waals surface area contributed by atoms with Crippen LogP contribution in [-0.2, 0) is 15.7 Å². The first-order valence-corrected chi connectivity index (χ1v) is 17.0. The highest BCUT2D eigenvalue weighted by molar-refractivity contribution is 5.91. The largest absolute Gasteiger partial charge is 0.481 e. The summed E-state index contributed by atoms with van der Waals surface area (Å²) < 4.78 is 48.3. The molecule has 11 nitrogen and oxygen atoms in total. The Bertz CT molecular complexity index is 1810. The second-order valence-electron chi connectivity index (χ2n) is 13.9. The molecule has 2 saturated carbocycles. The van der Waals surface area contributed by atoms with Crippen molar-refractivity contribution in [1.29, 1.82) is 0 Å². The van der Waals surface area contributed by atoms with E-state index < -0.39 is 17.7 Å². The summed E-state index contributed by atoms with van der Waals surface area (Å²) in [5.41, 5.74) is 2.18. The van der Waals surface area contributed by atoms with Crippen LogP contribution in [0.2, 0.25) is 0 Å². The van der Waals surface area contributed by atoms with Gasteiger partial charge in [0.15, 0.2) is 11.5 Å². The van der Waals surface area contributed by atoms with Gasteiger partial charge < -0.3 is 24.6 Å². The number of rotatable bonds is 10. The topological polar surface area (TPSA) is 133 Å². The Kier molecular flexibility index (Phi) is 8.92. The zero-order chi connectivity index (χ0) is 34.3. The van der Waals surface area contributed by atoms with Crippen LogP contribution in [0.4, 0.5) is 24.7 Å². The molecule has 0 atom stereocenters. The van der Waals surface area contributed by atoms with E-state index in [2.05, 4.69) is 24.8 Å². The Labute approximate surface area is 282 Å². The summed E-state index contributed by atoms with van der Waals surface area (Å²) in [5.74, 6) is -0.192. The van der Waals surface area contributed by atoms with Crippen molar-refractivity contribution in [3.63, 3.8) is 0 Å². The highest BCUT2D eigenvalue weighted by atomic mass is 19.4. The predicted molar refractivity (Wildman–Crippen MR) is 178 cm³/mol. The number of aliphatic carboxylic acids is 1. The number of nitrogens with one attached hydrogen (secondary N) is 1. The van der Waals surface area contributed by atoms with Crippen molar-refractivity contribution < 1.29 is 27.8 Å². The van der Waals surface area contributed by atoms with Crippen LogP contribution < -0.4 is 9.80 Å². The SMILES string of the molecule is COCC1(CN(C)c2cc(-c3cnc(C4CC4)c(C(F)(F)F)c3)nc3nc(-c4cnc(N5CCC(C(=O)O)CC5)cn4)[nH]c23)CCCCC1. The van der Waals surface area contributed by atoms with E-state index in [-0.39, 0.29) is 28.5 Å². The van der Waals surface area contributed by atoms with Crippen molar-refractivity contribution in [1.82, 2.24) is 29.9 Å². The van der Waals surface area contributed by atoms with Gasteiger partial charge in [-0.1, -0.05) is 19.3 Å². The second-order valence-corrected chi connectivity index (χ2v) is 13.9. The lowest BCUT2D eigenvalue weighted by Crippen LogP contribution is -2.40. The van der Waals surface area contributed by atoms with Crippen molar-refractivity contribution >= 4 is 28.6 Å². The number of carboxylic acid groups (broad SMARTS) is 1. The summed E-state index contributed by atoms with van der Waals surface area (Å²) in [7, 11) is 3.71. The minimum atomic E-state index is -4.53. The van der Waals surface area contributed by atoms with E-state index in [1.54, 1.807) is 19.5 Å². The molecular weight excluding hydrogens is 637 g/mol. The van der Waals surface area contributed by atoms with Gasteiger partial charge in [-0.25, -0.2) is 19.9 Å². The van der Waals surface area contributed by atoms with E-state index in [0.717, 1.165) is 31.4 Å². The van der Waals surface area contributed by atoms with Crippen LogP contribution in [0.5, 0.6) is 0 Å². The molecule has 2 N–H and O–H groups in total. The monoisotopic (exact) mass is 678 g/mol. The Hall–Kier alpha value is -4.33. The van der Waals surface area contributed by atoms with E-state index in [1.807, 2.05) is 18.0 Å². The number of hydrogen-bond acceptors (Lipinski definition) is 9. The van der Waals surface area contributed by atoms with Gasteiger partial charge in [-0.05, 0) is 50.7 Å². The Morgan fingerprint density at radius 1 is 1.02 bits per heavy atom. The van der Waals surface area contributed by atoms with E-state index in [9.17, 15) is 23.1 Å². The van der Waals surface area contributed by atoms with Gasteiger partial charge in [0, 0.05) is 56.9 Å². The van der Waals surface area contributed by atoms with Crippen LogP contribution in [0.15, 0.2) is 30.7 Å². The van der Waals surface area contributed by atoms with Gasteiger partial charge in [-0.2, -0.15) is 13.2 Å². The molecule has 0 bridgehead atoms. The number of pyridine rings is 2. The first kappa shape index (κ1) is 33.2. The molecule has 0 amide bonds. The summed E-state index contributed by atoms with van der Waals surface area (Å²) in [6.07, 6.45) is 8.21. The predicted octanol–water partition coefficient (Wildman–Crippen LogP) is 6.71. The number of carbonyl (C=O) groups is 1. The molecule has 14 heteroatoms. The average molecular weight is 679 g/mol. The van der Waals surface area contributed by atoms with Crippen molar-refractivity contribution in [3.8, 4) is 22.8 Å². The number of hydrogen-bond donors (Lipinski definition) is 2. The van der Waals surface area contributed by atoms with Crippen LogP contribution in [0.3, 0.4) is 0 Å². The number of piperidine rings is 1. The van der Waals surface area contributed by atoms with Gasteiger partial charge >= 0.3 is 12.1 Å². The minimum Gasteiger partial charge on any atom is -0.481 e. The van der Waals surface area contributed by atoms with Crippen molar-refractivity contribution in [3.05, 3.63) is 42.0 Å². The number of methoxy groups -OCH3 is 1. The lowest BCUT2D eigenvalue weighted by atomic mass is 9.74. The van der Waals surface area contributed by atoms with Gasteiger partial charge in [0.25, 0.3) is 0 Å². The quantitative estimate of drug-likeness (QED) is 0.187. The number of nitrogens with zero attached hydrogens (tertiary/aromatic N) is 7. The maximum Gasteiger partial charge on any atom is 0.418 e. The standard InChI is InChI=1S/C35H41F3N8O3/c1-45(19-34(20-49-2)10-4-3-5-11-34)27-15-25(23-14-24(35(36,37)38)29(41-16-23)21-6-7-21)42-32-30(27)43-31(44-32)26-17-40-28(18-39-26)46-12-8-22(9-13-46)33(47)48/h14-18,21-22H,3-13,19-20H2,1-2H3,(H,47,48)(H,42,43,44). The summed E-state index contributed by atoms with van der Waals surface area (Å²) in [5, 5.41) is 9.33.